The van der Waals surface area contributed by atoms with Gasteiger partial charge < -0.3 is 4.74 Å². The second-order valence-electron chi connectivity index (χ2n) is 4.90. The van der Waals surface area contributed by atoms with Crippen LogP contribution in [0.15, 0.2) is 55.1 Å². The van der Waals surface area contributed by atoms with E-state index in [-0.39, 0.29) is 12.3 Å². The Kier molecular flexibility index (Phi) is 4.00. The molecule has 3 aromatic rings. The summed E-state index contributed by atoms with van der Waals surface area (Å²) in [6, 6.07) is 9.56. The molecular weight excluding hydrogens is 280 g/mol. The SMILES string of the molecule is COc1ccc(Cn2cc(C(=O)Cn3cccn3)cn2)cc1. The van der Waals surface area contributed by atoms with Crippen LogP contribution in [0.2, 0.25) is 0 Å². The van der Waals surface area contributed by atoms with Crippen molar-refractivity contribution in [1.82, 2.24) is 19.6 Å². The lowest BCUT2D eigenvalue weighted by atomic mass is 10.2. The number of aromatic nitrogens is 4. The van der Waals surface area contributed by atoms with Crippen LogP contribution in [-0.2, 0) is 13.1 Å². The van der Waals surface area contributed by atoms with Gasteiger partial charge in [-0.05, 0) is 23.8 Å². The van der Waals surface area contributed by atoms with Crippen LogP contribution in [0.5, 0.6) is 5.75 Å². The highest BCUT2D eigenvalue weighted by Gasteiger charge is 2.10. The Morgan fingerprint density at radius 1 is 1.18 bits per heavy atom. The molecule has 0 radical (unpaired) electrons. The van der Waals surface area contributed by atoms with Gasteiger partial charge in [-0.25, -0.2) is 0 Å². The molecule has 2 aromatic heterocycles. The molecule has 2 heterocycles. The number of methoxy groups -OCH3 is 1. The highest BCUT2D eigenvalue weighted by Crippen LogP contribution is 2.12. The van der Waals surface area contributed by atoms with Gasteiger partial charge in [0, 0.05) is 18.6 Å². The summed E-state index contributed by atoms with van der Waals surface area (Å²) in [5, 5.41) is 8.27. The molecule has 22 heavy (non-hydrogen) atoms. The summed E-state index contributed by atoms with van der Waals surface area (Å²) in [7, 11) is 1.64. The Morgan fingerprint density at radius 3 is 2.68 bits per heavy atom. The fraction of sp³-hybridized carbons (Fsp3) is 0.188. The standard InChI is InChI=1S/C16H16N4O2/c1-22-15-5-3-13(4-6-15)10-20-11-14(9-18-20)16(21)12-19-8-2-7-17-19/h2-9,11H,10,12H2,1H3. The lowest BCUT2D eigenvalue weighted by Gasteiger charge is -2.03. The molecule has 6 heteroatoms. The molecule has 0 saturated heterocycles. The van der Waals surface area contributed by atoms with E-state index in [4.69, 9.17) is 4.74 Å². The number of carbonyl (C=O) groups is 1. The van der Waals surface area contributed by atoms with Gasteiger partial charge in [0.1, 0.15) is 12.3 Å². The van der Waals surface area contributed by atoms with Crippen LogP contribution in [0.25, 0.3) is 0 Å². The number of nitrogens with zero attached hydrogens (tertiary/aromatic N) is 4. The Bertz CT molecular complexity index is 745. The van der Waals surface area contributed by atoms with E-state index in [0.29, 0.717) is 12.1 Å². The molecule has 0 fully saturated rings. The number of carbonyl (C=O) groups excluding carboxylic acids is 1. The van der Waals surface area contributed by atoms with E-state index in [1.54, 1.807) is 47.3 Å². The lowest BCUT2D eigenvalue weighted by molar-refractivity contribution is 0.0967. The number of ketones is 1. The first-order valence-electron chi connectivity index (χ1n) is 6.90. The monoisotopic (exact) mass is 296 g/mol. The molecule has 0 amide bonds. The van der Waals surface area contributed by atoms with Gasteiger partial charge in [-0.3, -0.25) is 14.2 Å². The second-order valence-corrected chi connectivity index (χ2v) is 4.90. The third-order valence-corrected chi connectivity index (χ3v) is 3.32. The highest BCUT2D eigenvalue weighted by atomic mass is 16.5. The van der Waals surface area contributed by atoms with Crippen LogP contribution in [0.3, 0.4) is 0 Å². The first-order valence-corrected chi connectivity index (χ1v) is 6.90. The van der Waals surface area contributed by atoms with E-state index in [2.05, 4.69) is 10.2 Å². The van der Waals surface area contributed by atoms with Crippen molar-refractivity contribution in [2.75, 3.05) is 7.11 Å². The molecule has 0 aliphatic rings. The van der Waals surface area contributed by atoms with Crippen molar-refractivity contribution in [3.63, 3.8) is 0 Å². The number of rotatable bonds is 6. The predicted molar refractivity (Wildman–Crippen MR) is 80.9 cm³/mol. The summed E-state index contributed by atoms with van der Waals surface area (Å²) in [4.78, 5) is 12.1. The summed E-state index contributed by atoms with van der Waals surface area (Å²) < 4.78 is 8.48. The normalized spacial score (nSPS) is 10.6. The Hall–Kier alpha value is -2.89. The number of Topliss-reactive ketones (excluding diaryl/α,β-unsaturated/α-hetero) is 1. The van der Waals surface area contributed by atoms with Crippen LogP contribution in [0, 0.1) is 0 Å². The van der Waals surface area contributed by atoms with Crippen molar-refractivity contribution in [3.05, 3.63) is 66.2 Å². The average molecular weight is 296 g/mol. The number of hydrogen-bond donors (Lipinski definition) is 0. The second kappa shape index (κ2) is 6.26. The van der Waals surface area contributed by atoms with Gasteiger partial charge in [0.25, 0.3) is 0 Å². The molecule has 0 unspecified atom stereocenters. The molecule has 6 nitrogen and oxygen atoms in total. The van der Waals surface area contributed by atoms with Crippen molar-refractivity contribution in [2.45, 2.75) is 13.1 Å². The van der Waals surface area contributed by atoms with Crippen LogP contribution in [0.4, 0.5) is 0 Å². The zero-order valence-corrected chi connectivity index (χ0v) is 12.2. The number of ether oxygens (including phenoxy) is 1. The minimum atomic E-state index is -0.00955. The predicted octanol–water partition coefficient (Wildman–Crippen LogP) is 2.02. The number of hydrogen-bond acceptors (Lipinski definition) is 4. The zero-order valence-electron chi connectivity index (χ0n) is 12.2. The topological polar surface area (TPSA) is 61.9 Å². The summed E-state index contributed by atoms with van der Waals surface area (Å²) in [6.45, 7) is 0.834. The first-order chi connectivity index (χ1) is 10.7. The molecule has 3 rings (SSSR count). The van der Waals surface area contributed by atoms with Crippen molar-refractivity contribution in [1.29, 1.82) is 0 Å². The van der Waals surface area contributed by atoms with E-state index in [0.717, 1.165) is 11.3 Å². The minimum absolute atomic E-state index is 0.00955. The van der Waals surface area contributed by atoms with Gasteiger partial charge in [0.2, 0.25) is 0 Å². The fourth-order valence-electron chi connectivity index (χ4n) is 2.14. The van der Waals surface area contributed by atoms with Gasteiger partial charge >= 0.3 is 0 Å². The molecule has 0 aliphatic heterocycles. The third-order valence-electron chi connectivity index (χ3n) is 3.32. The van der Waals surface area contributed by atoms with Gasteiger partial charge in [0.05, 0.1) is 25.4 Å². The van der Waals surface area contributed by atoms with E-state index in [9.17, 15) is 4.79 Å². The molecular formula is C16H16N4O2. The lowest BCUT2D eigenvalue weighted by Crippen LogP contribution is -2.10. The molecule has 0 saturated carbocycles. The maximum Gasteiger partial charge on any atom is 0.187 e. The van der Waals surface area contributed by atoms with Crippen LogP contribution < -0.4 is 4.74 Å². The molecule has 112 valence electrons. The Balaban J connectivity index is 1.66. The third kappa shape index (κ3) is 3.22. The van der Waals surface area contributed by atoms with Crippen molar-refractivity contribution < 1.29 is 9.53 Å². The number of benzene rings is 1. The minimum Gasteiger partial charge on any atom is -0.497 e. The zero-order chi connectivity index (χ0) is 15.4. The summed E-state index contributed by atoms with van der Waals surface area (Å²) in [5.74, 6) is 0.809. The summed E-state index contributed by atoms with van der Waals surface area (Å²) in [5.41, 5.74) is 1.68. The van der Waals surface area contributed by atoms with Gasteiger partial charge in [-0.2, -0.15) is 10.2 Å². The smallest absolute Gasteiger partial charge is 0.187 e. The van der Waals surface area contributed by atoms with Crippen LogP contribution in [0.1, 0.15) is 15.9 Å². The quantitative estimate of drug-likeness (QED) is 0.653. The fourth-order valence-corrected chi connectivity index (χ4v) is 2.14. The summed E-state index contributed by atoms with van der Waals surface area (Å²) in [6.07, 6.45) is 6.77. The molecule has 0 spiro atoms. The van der Waals surface area contributed by atoms with E-state index in [1.807, 2.05) is 24.3 Å². The Morgan fingerprint density at radius 2 is 2.00 bits per heavy atom. The van der Waals surface area contributed by atoms with Gasteiger partial charge in [-0.1, -0.05) is 12.1 Å². The highest BCUT2D eigenvalue weighted by molar-refractivity contribution is 5.95. The van der Waals surface area contributed by atoms with Crippen LogP contribution in [-0.4, -0.2) is 32.5 Å². The van der Waals surface area contributed by atoms with E-state index >= 15 is 0 Å². The van der Waals surface area contributed by atoms with Gasteiger partial charge in [-0.15, -0.1) is 0 Å². The van der Waals surface area contributed by atoms with Gasteiger partial charge in [0.15, 0.2) is 5.78 Å². The molecule has 0 N–H and O–H groups in total. The molecule has 0 atom stereocenters. The summed E-state index contributed by atoms with van der Waals surface area (Å²) >= 11 is 0. The van der Waals surface area contributed by atoms with Crippen molar-refractivity contribution in [3.8, 4) is 5.75 Å². The maximum absolute atomic E-state index is 12.1. The van der Waals surface area contributed by atoms with Crippen molar-refractivity contribution >= 4 is 5.78 Å². The maximum atomic E-state index is 12.1. The van der Waals surface area contributed by atoms with E-state index < -0.39 is 0 Å². The van der Waals surface area contributed by atoms with E-state index in [1.165, 1.54) is 0 Å². The van der Waals surface area contributed by atoms with Crippen LogP contribution >= 0.6 is 0 Å². The largest absolute Gasteiger partial charge is 0.497 e. The molecule has 0 bridgehead atoms. The Labute approximate surface area is 127 Å². The first kappa shape index (κ1) is 14.1. The molecule has 1 aromatic carbocycles. The average Bonchev–Trinajstić information content (AvgIpc) is 3.20. The molecule has 0 aliphatic carbocycles. The van der Waals surface area contributed by atoms with Crippen molar-refractivity contribution in [2.24, 2.45) is 0 Å².